The molecule has 0 aromatic heterocycles. The van der Waals surface area contributed by atoms with Crippen LogP contribution >= 0.6 is 0 Å². The van der Waals surface area contributed by atoms with Crippen LogP contribution < -0.4 is 5.73 Å². The van der Waals surface area contributed by atoms with Gasteiger partial charge in [-0.15, -0.1) is 0 Å². The largest absolute Gasteiger partial charge is 0.398 e. The Kier molecular flexibility index (Phi) is 3.15. The molecule has 2 rings (SSSR count). The SMILES string of the molecule is NC(=CC=NC1CC1)c1ccc(C=O)cc1. The van der Waals surface area contributed by atoms with Gasteiger partial charge in [0.15, 0.2) is 0 Å². The van der Waals surface area contributed by atoms with E-state index < -0.39 is 0 Å². The Labute approximate surface area is 94.7 Å². The molecule has 0 unspecified atom stereocenters. The molecular formula is C13H14N2O. The summed E-state index contributed by atoms with van der Waals surface area (Å²) in [4.78, 5) is 14.8. The van der Waals surface area contributed by atoms with E-state index >= 15 is 0 Å². The zero-order chi connectivity index (χ0) is 11.4. The highest BCUT2D eigenvalue weighted by molar-refractivity contribution is 5.84. The van der Waals surface area contributed by atoms with Crippen LogP contribution in [0.5, 0.6) is 0 Å². The highest BCUT2D eigenvalue weighted by Crippen LogP contribution is 2.22. The quantitative estimate of drug-likeness (QED) is 0.616. The van der Waals surface area contributed by atoms with Crippen LogP contribution in [0.4, 0.5) is 0 Å². The van der Waals surface area contributed by atoms with Gasteiger partial charge in [-0.2, -0.15) is 0 Å². The molecule has 16 heavy (non-hydrogen) atoms. The summed E-state index contributed by atoms with van der Waals surface area (Å²) in [6, 6.07) is 7.69. The molecule has 1 aliphatic rings. The predicted molar refractivity (Wildman–Crippen MR) is 65.5 cm³/mol. The maximum absolute atomic E-state index is 10.5. The lowest BCUT2D eigenvalue weighted by Gasteiger charge is -2.00. The van der Waals surface area contributed by atoms with Gasteiger partial charge in [0, 0.05) is 17.5 Å². The Bertz CT molecular complexity index is 428. The first-order valence-corrected chi connectivity index (χ1v) is 5.34. The van der Waals surface area contributed by atoms with E-state index in [1.807, 2.05) is 12.1 Å². The number of hydrogen-bond acceptors (Lipinski definition) is 3. The lowest BCUT2D eigenvalue weighted by Crippen LogP contribution is -1.96. The van der Waals surface area contributed by atoms with Gasteiger partial charge < -0.3 is 5.73 Å². The molecule has 0 bridgehead atoms. The molecular weight excluding hydrogens is 200 g/mol. The van der Waals surface area contributed by atoms with Crippen LogP contribution in [0.15, 0.2) is 35.3 Å². The topological polar surface area (TPSA) is 55.4 Å². The minimum Gasteiger partial charge on any atom is -0.398 e. The van der Waals surface area contributed by atoms with Crippen LogP contribution in [0.25, 0.3) is 5.70 Å². The monoisotopic (exact) mass is 214 g/mol. The van der Waals surface area contributed by atoms with Gasteiger partial charge >= 0.3 is 0 Å². The highest BCUT2D eigenvalue weighted by Gasteiger charge is 2.18. The standard InChI is InChI=1S/C13H14N2O/c14-13(7-8-15-12-5-6-12)11-3-1-10(9-16)2-4-11/h1-4,7-9,12H,5-6,14H2. The smallest absolute Gasteiger partial charge is 0.150 e. The van der Waals surface area contributed by atoms with Crippen molar-refractivity contribution >= 4 is 18.2 Å². The van der Waals surface area contributed by atoms with Crippen molar-refractivity contribution in [2.45, 2.75) is 18.9 Å². The first-order valence-electron chi connectivity index (χ1n) is 5.34. The van der Waals surface area contributed by atoms with Gasteiger partial charge in [0.05, 0.1) is 6.04 Å². The molecule has 0 amide bonds. The Hall–Kier alpha value is -1.90. The third-order valence-electron chi connectivity index (χ3n) is 2.48. The number of nitrogens with zero attached hydrogens (tertiary/aromatic N) is 1. The summed E-state index contributed by atoms with van der Waals surface area (Å²) >= 11 is 0. The van der Waals surface area contributed by atoms with Crippen molar-refractivity contribution < 1.29 is 4.79 Å². The second-order valence-electron chi connectivity index (χ2n) is 3.89. The summed E-state index contributed by atoms with van der Waals surface area (Å²) in [5, 5.41) is 0. The molecule has 1 aliphatic carbocycles. The average molecular weight is 214 g/mol. The molecule has 2 N–H and O–H groups in total. The summed E-state index contributed by atoms with van der Waals surface area (Å²) in [6.07, 6.45) is 6.77. The Balaban J connectivity index is 2.06. The number of benzene rings is 1. The summed E-state index contributed by atoms with van der Waals surface area (Å²) in [7, 11) is 0. The van der Waals surface area contributed by atoms with Gasteiger partial charge in [-0.1, -0.05) is 24.3 Å². The van der Waals surface area contributed by atoms with Crippen molar-refractivity contribution in [2.24, 2.45) is 10.7 Å². The molecule has 1 saturated carbocycles. The van der Waals surface area contributed by atoms with Gasteiger partial charge in [0.1, 0.15) is 6.29 Å². The van der Waals surface area contributed by atoms with Gasteiger partial charge in [0.25, 0.3) is 0 Å². The van der Waals surface area contributed by atoms with Crippen molar-refractivity contribution in [1.29, 1.82) is 0 Å². The maximum atomic E-state index is 10.5. The average Bonchev–Trinajstić information content (AvgIpc) is 3.13. The van der Waals surface area contributed by atoms with Crippen LogP contribution in [0.1, 0.15) is 28.8 Å². The summed E-state index contributed by atoms with van der Waals surface area (Å²) < 4.78 is 0. The molecule has 1 fully saturated rings. The zero-order valence-corrected chi connectivity index (χ0v) is 8.97. The minimum absolute atomic E-state index is 0.515. The number of rotatable bonds is 4. The molecule has 0 heterocycles. The highest BCUT2D eigenvalue weighted by atomic mass is 16.1. The van der Waals surface area contributed by atoms with Crippen molar-refractivity contribution in [1.82, 2.24) is 0 Å². The molecule has 3 heteroatoms. The number of nitrogens with two attached hydrogens (primary N) is 1. The number of hydrogen-bond donors (Lipinski definition) is 1. The zero-order valence-electron chi connectivity index (χ0n) is 8.97. The van der Waals surface area contributed by atoms with Crippen LogP contribution in [0.3, 0.4) is 0 Å². The Morgan fingerprint density at radius 1 is 1.31 bits per heavy atom. The third kappa shape index (κ3) is 2.79. The number of carbonyl (C=O) groups is 1. The van der Waals surface area contributed by atoms with E-state index in [4.69, 9.17) is 5.73 Å². The van der Waals surface area contributed by atoms with Gasteiger partial charge in [0.2, 0.25) is 0 Å². The molecule has 1 aromatic carbocycles. The minimum atomic E-state index is 0.515. The van der Waals surface area contributed by atoms with Gasteiger partial charge in [-0.25, -0.2) is 0 Å². The second-order valence-corrected chi connectivity index (χ2v) is 3.89. The van der Waals surface area contributed by atoms with Gasteiger partial charge in [-0.05, 0) is 24.5 Å². The Morgan fingerprint density at radius 2 is 2.00 bits per heavy atom. The van der Waals surface area contributed by atoms with E-state index in [2.05, 4.69) is 4.99 Å². The van der Waals surface area contributed by atoms with Crippen LogP contribution in [0.2, 0.25) is 0 Å². The van der Waals surface area contributed by atoms with Crippen LogP contribution in [0, 0.1) is 0 Å². The van der Waals surface area contributed by atoms with Gasteiger partial charge in [-0.3, -0.25) is 9.79 Å². The number of carbonyl (C=O) groups excluding carboxylic acids is 1. The van der Waals surface area contributed by atoms with E-state index in [1.54, 1.807) is 24.4 Å². The van der Waals surface area contributed by atoms with Crippen LogP contribution in [-0.2, 0) is 0 Å². The molecule has 0 spiro atoms. The predicted octanol–water partition coefficient (Wildman–Crippen LogP) is 2.03. The van der Waals surface area contributed by atoms with Crippen LogP contribution in [-0.4, -0.2) is 18.5 Å². The molecule has 0 radical (unpaired) electrons. The second kappa shape index (κ2) is 4.75. The Morgan fingerprint density at radius 3 is 2.56 bits per heavy atom. The molecule has 0 aliphatic heterocycles. The molecule has 3 nitrogen and oxygen atoms in total. The van der Waals surface area contributed by atoms with E-state index in [9.17, 15) is 4.79 Å². The first kappa shape index (κ1) is 10.6. The fraction of sp³-hybridized carbons (Fsp3) is 0.231. The fourth-order valence-corrected chi connectivity index (χ4v) is 1.32. The molecule has 82 valence electrons. The summed E-state index contributed by atoms with van der Waals surface area (Å²) in [5.74, 6) is 0. The van der Waals surface area contributed by atoms with Crippen molar-refractivity contribution in [3.8, 4) is 0 Å². The summed E-state index contributed by atoms with van der Waals surface area (Å²) in [5.41, 5.74) is 8.11. The molecule has 1 aromatic rings. The van der Waals surface area contributed by atoms with E-state index in [1.165, 1.54) is 12.8 Å². The number of aldehydes is 1. The van der Waals surface area contributed by atoms with Crippen molar-refractivity contribution in [3.63, 3.8) is 0 Å². The maximum Gasteiger partial charge on any atom is 0.150 e. The number of aliphatic imine (C=N–C) groups is 1. The van der Waals surface area contributed by atoms with Crippen molar-refractivity contribution in [3.05, 3.63) is 41.5 Å². The lowest BCUT2D eigenvalue weighted by atomic mass is 10.1. The first-order chi connectivity index (χ1) is 7.79. The normalized spacial score (nSPS) is 16.6. The summed E-state index contributed by atoms with van der Waals surface area (Å²) in [6.45, 7) is 0. The molecule has 0 atom stereocenters. The molecule has 0 saturated heterocycles. The van der Waals surface area contributed by atoms with Crippen molar-refractivity contribution in [2.75, 3.05) is 0 Å². The number of allylic oxidation sites excluding steroid dienone is 1. The van der Waals surface area contributed by atoms with E-state index in [0.717, 1.165) is 11.8 Å². The van der Waals surface area contributed by atoms with E-state index in [0.29, 0.717) is 17.3 Å². The third-order valence-corrected chi connectivity index (χ3v) is 2.48. The fourth-order valence-electron chi connectivity index (χ4n) is 1.32. The lowest BCUT2D eigenvalue weighted by molar-refractivity contribution is 0.112. The van der Waals surface area contributed by atoms with E-state index in [-0.39, 0.29) is 0 Å².